The number of nitrogens with zero attached hydrogens (tertiary/aromatic N) is 1. The molecule has 8 nitrogen and oxygen atoms in total. The third-order valence-corrected chi connectivity index (χ3v) is 6.01. The Bertz CT molecular complexity index is 1050. The second-order valence-electron chi connectivity index (χ2n) is 6.57. The fraction of sp³-hybridized carbons (Fsp3) is 0.263. The van der Waals surface area contributed by atoms with E-state index < -0.39 is 10.0 Å². The van der Waals surface area contributed by atoms with Gasteiger partial charge in [0.15, 0.2) is 0 Å². The van der Waals surface area contributed by atoms with Crippen LogP contribution in [-0.4, -0.2) is 43.5 Å². The molecule has 3 aromatic rings. The van der Waals surface area contributed by atoms with Crippen LogP contribution in [0.3, 0.4) is 0 Å². The molecule has 2 aromatic carbocycles. The van der Waals surface area contributed by atoms with Crippen molar-refractivity contribution in [2.45, 2.75) is 23.8 Å². The summed E-state index contributed by atoms with van der Waals surface area (Å²) in [5.74, 6) is -0.0450. The maximum atomic E-state index is 12.4. The number of carbonyl (C=O) groups is 1. The molecule has 1 aromatic heterocycles. The van der Waals surface area contributed by atoms with E-state index in [9.17, 15) is 13.2 Å². The van der Waals surface area contributed by atoms with Crippen molar-refractivity contribution in [1.29, 1.82) is 0 Å². The number of aromatic amines is 1. The number of H-pyrrole nitrogens is 1. The summed E-state index contributed by atoms with van der Waals surface area (Å²) in [5.41, 5.74) is 1.90. The number of anilines is 1. The summed E-state index contributed by atoms with van der Waals surface area (Å²) in [7, 11) is -3.65. The summed E-state index contributed by atoms with van der Waals surface area (Å²) in [6.45, 7) is 0.915. The van der Waals surface area contributed by atoms with Crippen LogP contribution in [0.5, 0.6) is 0 Å². The van der Waals surface area contributed by atoms with Crippen LogP contribution in [0, 0.1) is 0 Å². The summed E-state index contributed by atoms with van der Waals surface area (Å²) in [6.07, 6.45) is 1.72. The summed E-state index contributed by atoms with van der Waals surface area (Å²) in [6, 6.07) is 13.2. The van der Waals surface area contributed by atoms with Gasteiger partial charge in [-0.15, -0.1) is 0 Å². The number of rotatable bonds is 6. The highest BCUT2D eigenvalue weighted by Crippen LogP contribution is 2.16. The molecule has 1 aliphatic heterocycles. The topological polar surface area (TPSA) is 113 Å². The van der Waals surface area contributed by atoms with Crippen molar-refractivity contribution in [3.63, 3.8) is 0 Å². The maximum absolute atomic E-state index is 12.4. The Balaban J connectivity index is 1.42. The molecule has 2 heterocycles. The quantitative estimate of drug-likeness (QED) is 0.587. The van der Waals surface area contributed by atoms with Crippen molar-refractivity contribution in [3.05, 3.63) is 54.1 Å². The zero-order valence-electron chi connectivity index (χ0n) is 15.0. The van der Waals surface area contributed by atoms with E-state index in [1.54, 1.807) is 0 Å². The summed E-state index contributed by atoms with van der Waals surface area (Å²) < 4.78 is 32.7. The number of sulfonamides is 1. The van der Waals surface area contributed by atoms with Gasteiger partial charge in [0, 0.05) is 18.7 Å². The standard InChI is InChI=1S/C19H20N4O4S/c24-18(23-19-21-16-5-1-2-6-17(16)22-19)13-7-9-15(10-8-13)28(25,26)20-12-14-4-3-11-27-14/h1-2,5-10,14,20H,3-4,11-12H2,(H2,21,22,23,24)/t14-/m1/s1. The number of benzene rings is 2. The van der Waals surface area contributed by atoms with Crippen molar-refractivity contribution in [3.8, 4) is 0 Å². The monoisotopic (exact) mass is 400 g/mol. The first-order valence-corrected chi connectivity index (χ1v) is 10.5. The van der Waals surface area contributed by atoms with E-state index in [0.717, 1.165) is 23.9 Å². The van der Waals surface area contributed by atoms with Gasteiger partial charge in [-0.2, -0.15) is 0 Å². The second-order valence-corrected chi connectivity index (χ2v) is 8.33. The molecule has 1 aliphatic rings. The number of amides is 1. The van der Waals surface area contributed by atoms with Crippen LogP contribution in [0.2, 0.25) is 0 Å². The number of imidazole rings is 1. The molecule has 0 unspecified atom stereocenters. The van der Waals surface area contributed by atoms with Crippen LogP contribution in [-0.2, 0) is 14.8 Å². The molecule has 1 fully saturated rings. The van der Waals surface area contributed by atoms with Gasteiger partial charge in [-0.25, -0.2) is 18.1 Å². The molecule has 9 heteroatoms. The highest BCUT2D eigenvalue weighted by Gasteiger charge is 2.20. The van der Waals surface area contributed by atoms with Crippen LogP contribution in [0.25, 0.3) is 11.0 Å². The molecule has 1 saturated heterocycles. The number of nitrogens with one attached hydrogen (secondary N) is 3. The van der Waals surface area contributed by atoms with Crippen LogP contribution in [0.4, 0.5) is 5.95 Å². The van der Waals surface area contributed by atoms with E-state index >= 15 is 0 Å². The summed E-state index contributed by atoms with van der Waals surface area (Å²) in [4.78, 5) is 19.8. The number of carbonyl (C=O) groups excluding carboxylic acids is 1. The van der Waals surface area contributed by atoms with Gasteiger partial charge in [0.25, 0.3) is 5.91 Å². The predicted octanol–water partition coefficient (Wildman–Crippen LogP) is 2.27. The van der Waals surface area contributed by atoms with Gasteiger partial charge in [-0.3, -0.25) is 10.1 Å². The number of hydrogen-bond acceptors (Lipinski definition) is 5. The van der Waals surface area contributed by atoms with Crippen LogP contribution < -0.4 is 10.0 Å². The smallest absolute Gasteiger partial charge is 0.257 e. The number of hydrogen-bond donors (Lipinski definition) is 3. The Morgan fingerprint density at radius 1 is 1.18 bits per heavy atom. The van der Waals surface area contributed by atoms with E-state index in [1.807, 2.05) is 24.3 Å². The molecular weight excluding hydrogens is 380 g/mol. The van der Waals surface area contributed by atoms with Crippen LogP contribution >= 0.6 is 0 Å². The number of ether oxygens (including phenoxy) is 1. The largest absolute Gasteiger partial charge is 0.377 e. The summed E-state index contributed by atoms with van der Waals surface area (Å²) >= 11 is 0. The molecule has 1 amide bonds. The zero-order chi connectivity index (χ0) is 19.6. The molecule has 0 aliphatic carbocycles. The van der Waals surface area contributed by atoms with Gasteiger partial charge < -0.3 is 9.72 Å². The fourth-order valence-corrected chi connectivity index (χ4v) is 4.13. The highest BCUT2D eigenvalue weighted by atomic mass is 32.2. The predicted molar refractivity (Wildman–Crippen MR) is 105 cm³/mol. The van der Waals surface area contributed by atoms with E-state index in [4.69, 9.17) is 4.74 Å². The van der Waals surface area contributed by atoms with Crippen molar-refractivity contribution in [2.75, 3.05) is 18.5 Å². The Hall–Kier alpha value is -2.75. The van der Waals surface area contributed by atoms with E-state index in [2.05, 4.69) is 20.0 Å². The lowest BCUT2D eigenvalue weighted by molar-refractivity contribution is 0.102. The van der Waals surface area contributed by atoms with Crippen molar-refractivity contribution in [1.82, 2.24) is 14.7 Å². The lowest BCUT2D eigenvalue weighted by Crippen LogP contribution is -2.31. The lowest BCUT2D eigenvalue weighted by atomic mass is 10.2. The molecule has 1 atom stereocenters. The van der Waals surface area contributed by atoms with Gasteiger partial charge in [-0.05, 0) is 49.2 Å². The minimum atomic E-state index is -3.65. The first-order chi connectivity index (χ1) is 13.5. The Morgan fingerprint density at radius 3 is 2.68 bits per heavy atom. The van der Waals surface area contributed by atoms with Crippen molar-refractivity contribution < 1.29 is 17.9 Å². The Labute approximate surface area is 162 Å². The molecule has 0 radical (unpaired) electrons. The van der Waals surface area contributed by atoms with Crippen molar-refractivity contribution in [2.24, 2.45) is 0 Å². The second kappa shape index (κ2) is 7.70. The van der Waals surface area contributed by atoms with Crippen molar-refractivity contribution >= 4 is 32.9 Å². The zero-order valence-corrected chi connectivity index (χ0v) is 15.8. The lowest BCUT2D eigenvalue weighted by Gasteiger charge is -2.11. The van der Waals surface area contributed by atoms with Gasteiger partial charge in [0.05, 0.1) is 22.0 Å². The average molecular weight is 400 g/mol. The minimum absolute atomic E-state index is 0.0800. The maximum Gasteiger partial charge on any atom is 0.257 e. The first-order valence-electron chi connectivity index (χ1n) is 8.99. The Morgan fingerprint density at radius 2 is 1.96 bits per heavy atom. The third-order valence-electron chi connectivity index (χ3n) is 4.57. The highest BCUT2D eigenvalue weighted by molar-refractivity contribution is 7.89. The van der Waals surface area contributed by atoms with Gasteiger partial charge >= 0.3 is 0 Å². The normalized spacial score (nSPS) is 17.1. The van der Waals surface area contributed by atoms with E-state index in [0.29, 0.717) is 18.1 Å². The van der Waals surface area contributed by atoms with Crippen LogP contribution in [0.15, 0.2) is 53.4 Å². The molecule has 28 heavy (non-hydrogen) atoms. The third kappa shape index (κ3) is 4.06. The minimum Gasteiger partial charge on any atom is -0.377 e. The summed E-state index contributed by atoms with van der Waals surface area (Å²) in [5, 5.41) is 2.68. The Kier molecular flexibility index (Phi) is 5.12. The molecule has 146 valence electrons. The SMILES string of the molecule is O=C(Nc1nc2ccccc2[nH]1)c1ccc(S(=O)(=O)NC[C@H]2CCCO2)cc1. The van der Waals surface area contributed by atoms with Gasteiger partial charge in [-0.1, -0.05) is 12.1 Å². The molecule has 0 saturated carbocycles. The molecule has 0 spiro atoms. The first kappa shape index (κ1) is 18.6. The molecular formula is C19H20N4O4S. The average Bonchev–Trinajstić information content (AvgIpc) is 3.35. The number of aromatic nitrogens is 2. The van der Waals surface area contributed by atoms with Crippen LogP contribution in [0.1, 0.15) is 23.2 Å². The van der Waals surface area contributed by atoms with Gasteiger partial charge in [0.1, 0.15) is 0 Å². The van der Waals surface area contributed by atoms with E-state index in [-0.39, 0.29) is 23.5 Å². The molecule has 3 N–H and O–H groups in total. The van der Waals surface area contributed by atoms with Gasteiger partial charge in [0.2, 0.25) is 16.0 Å². The number of para-hydroxylation sites is 2. The fourth-order valence-electron chi connectivity index (χ4n) is 3.07. The number of fused-ring (bicyclic) bond motifs is 1. The van der Waals surface area contributed by atoms with E-state index in [1.165, 1.54) is 24.3 Å². The molecule has 0 bridgehead atoms. The molecule has 4 rings (SSSR count).